The molecule has 0 saturated carbocycles. The molecule has 154 valence electrons. The molecular formula is C19H30IN7O. The van der Waals surface area contributed by atoms with Crippen LogP contribution in [0.4, 0.5) is 0 Å². The zero-order chi connectivity index (χ0) is 18.9. The molecule has 0 spiro atoms. The summed E-state index contributed by atoms with van der Waals surface area (Å²) in [4.78, 5) is 15.5. The first-order chi connectivity index (χ1) is 13.3. The van der Waals surface area contributed by atoms with Crippen LogP contribution in [-0.2, 0) is 6.42 Å². The molecule has 28 heavy (non-hydrogen) atoms. The van der Waals surface area contributed by atoms with E-state index in [0.717, 1.165) is 31.9 Å². The Morgan fingerprint density at radius 1 is 1.32 bits per heavy atom. The van der Waals surface area contributed by atoms with Crippen molar-refractivity contribution in [3.8, 4) is 11.6 Å². The Bertz CT molecular complexity index is 714. The van der Waals surface area contributed by atoms with Crippen molar-refractivity contribution in [2.75, 3.05) is 33.2 Å². The second-order valence-electron chi connectivity index (χ2n) is 6.74. The van der Waals surface area contributed by atoms with Crippen LogP contribution < -0.4 is 10.6 Å². The Hall–Kier alpha value is -1.75. The van der Waals surface area contributed by atoms with Gasteiger partial charge in [0, 0.05) is 45.3 Å². The fourth-order valence-corrected chi connectivity index (χ4v) is 3.25. The van der Waals surface area contributed by atoms with Crippen molar-refractivity contribution in [1.82, 2.24) is 30.7 Å². The van der Waals surface area contributed by atoms with Crippen LogP contribution in [-0.4, -0.2) is 65.3 Å². The Kier molecular flexibility index (Phi) is 9.62. The van der Waals surface area contributed by atoms with Crippen molar-refractivity contribution >= 4 is 29.9 Å². The van der Waals surface area contributed by atoms with Gasteiger partial charge in [-0.05, 0) is 37.9 Å². The summed E-state index contributed by atoms with van der Waals surface area (Å²) in [5, 5.41) is 10.9. The summed E-state index contributed by atoms with van der Waals surface area (Å²) in [6.45, 7) is 6.43. The van der Waals surface area contributed by atoms with Crippen molar-refractivity contribution in [2.45, 2.75) is 38.6 Å². The van der Waals surface area contributed by atoms with Crippen LogP contribution >= 0.6 is 24.0 Å². The summed E-state index contributed by atoms with van der Waals surface area (Å²) in [5.41, 5.74) is 0.691. The summed E-state index contributed by atoms with van der Waals surface area (Å²) >= 11 is 0. The van der Waals surface area contributed by atoms with E-state index in [1.165, 1.54) is 13.0 Å². The van der Waals surface area contributed by atoms with Gasteiger partial charge in [0.05, 0.1) is 0 Å². The molecule has 1 saturated heterocycles. The van der Waals surface area contributed by atoms with Crippen molar-refractivity contribution in [3.05, 3.63) is 30.2 Å². The van der Waals surface area contributed by atoms with E-state index in [9.17, 15) is 0 Å². The van der Waals surface area contributed by atoms with Gasteiger partial charge in [-0.25, -0.2) is 0 Å². The normalized spacial score (nSPS) is 15.9. The maximum Gasteiger partial charge on any atom is 0.276 e. The third-order valence-electron chi connectivity index (χ3n) is 4.69. The number of hydrogen-bond donors (Lipinski definition) is 2. The third kappa shape index (κ3) is 6.69. The van der Waals surface area contributed by atoms with Gasteiger partial charge >= 0.3 is 0 Å². The van der Waals surface area contributed by atoms with E-state index in [0.29, 0.717) is 36.4 Å². The van der Waals surface area contributed by atoms with Crippen molar-refractivity contribution < 1.29 is 4.52 Å². The molecule has 0 aliphatic carbocycles. The quantitative estimate of drug-likeness (QED) is 0.343. The highest BCUT2D eigenvalue weighted by Gasteiger charge is 2.19. The monoisotopic (exact) mass is 499 g/mol. The number of nitrogens with one attached hydrogen (secondary N) is 2. The zero-order valence-electron chi connectivity index (χ0n) is 16.6. The molecule has 0 atom stereocenters. The minimum absolute atomic E-state index is 0. The van der Waals surface area contributed by atoms with E-state index in [1.54, 1.807) is 13.2 Å². The van der Waals surface area contributed by atoms with Gasteiger partial charge in [0.25, 0.3) is 5.89 Å². The Labute approximate surface area is 183 Å². The molecule has 3 rings (SSSR count). The number of piperidine rings is 1. The van der Waals surface area contributed by atoms with E-state index in [4.69, 9.17) is 4.52 Å². The molecule has 0 unspecified atom stereocenters. The van der Waals surface area contributed by atoms with Gasteiger partial charge in [0.2, 0.25) is 0 Å². The van der Waals surface area contributed by atoms with Gasteiger partial charge in [-0.3, -0.25) is 9.98 Å². The number of guanidine groups is 1. The number of aliphatic imine (C=N–C) groups is 1. The Balaban J connectivity index is 0.00000280. The highest BCUT2D eigenvalue weighted by molar-refractivity contribution is 14.0. The Morgan fingerprint density at radius 2 is 2.14 bits per heavy atom. The largest absolute Gasteiger partial charge is 0.356 e. The van der Waals surface area contributed by atoms with Crippen molar-refractivity contribution in [1.29, 1.82) is 0 Å². The molecule has 2 N–H and O–H groups in total. The van der Waals surface area contributed by atoms with E-state index in [-0.39, 0.29) is 24.0 Å². The first-order valence-corrected chi connectivity index (χ1v) is 9.72. The first-order valence-electron chi connectivity index (χ1n) is 9.72. The van der Waals surface area contributed by atoms with Crippen LogP contribution in [0.25, 0.3) is 11.6 Å². The van der Waals surface area contributed by atoms with Crippen LogP contribution in [0.5, 0.6) is 0 Å². The molecule has 1 fully saturated rings. The number of pyridine rings is 1. The van der Waals surface area contributed by atoms with E-state index >= 15 is 0 Å². The predicted molar refractivity (Wildman–Crippen MR) is 121 cm³/mol. The lowest BCUT2D eigenvalue weighted by Crippen LogP contribution is -2.49. The lowest BCUT2D eigenvalue weighted by Gasteiger charge is -2.32. The highest BCUT2D eigenvalue weighted by Crippen LogP contribution is 2.13. The van der Waals surface area contributed by atoms with Gasteiger partial charge < -0.3 is 20.1 Å². The number of likely N-dealkylation sites (tertiary alicyclic amines) is 1. The van der Waals surface area contributed by atoms with Crippen molar-refractivity contribution in [3.63, 3.8) is 0 Å². The van der Waals surface area contributed by atoms with E-state index in [2.05, 4.69) is 42.6 Å². The molecular weight excluding hydrogens is 469 g/mol. The Morgan fingerprint density at radius 3 is 2.82 bits per heavy atom. The molecule has 0 bridgehead atoms. The summed E-state index contributed by atoms with van der Waals surface area (Å²) in [7, 11) is 1.80. The number of rotatable bonds is 7. The van der Waals surface area contributed by atoms with Crippen LogP contribution in [0, 0.1) is 0 Å². The fourth-order valence-electron chi connectivity index (χ4n) is 3.25. The van der Waals surface area contributed by atoms with Crippen LogP contribution in [0.1, 0.15) is 32.0 Å². The van der Waals surface area contributed by atoms with E-state index < -0.39 is 0 Å². The molecule has 3 heterocycles. The summed E-state index contributed by atoms with van der Waals surface area (Å²) in [5.74, 6) is 1.94. The van der Waals surface area contributed by atoms with Crippen LogP contribution in [0.2, 0.25) is 0 Å². The number of hydrogen-bond acceptors (Lipinski definition) is 6. The number of halogens is 1. The molecule has 0 aromatic carbocycles. The first kappa shape index (κ1) is 22.5. The minimum Gasteiger partial charge on any atom is -0.356 e. The lowest BCUT2D eigenvalue weighted by molar-refractivity contribution is 0.206. The van der Waals surface area contributed by atoms with Crippen LogP contribution in [0.3, 0.4) is 0 Å². The topological polar surface area (TPSA) is 91.5 Å². The van der Waals surface area contributed by atoms with Gasteiger partial charge in [0.15, 0.2) is 11.8 Å². The lowest BCUT2D eigenvalue weighted by atomic mass is 10.1. The third-order valence-corrected chi connectivity index (χ3v) is 4.69. The molecule has 8 nitrogen and oxygen atoms in total. The molecule has 0 radical (unpaired) electrons. The standard InChI is InChI=1S/C19H29N7O.HI/c1-3-12-26-13-8-15(9-14-26)23-19(20-2)22-11-7-17-24-18(27-25-17)16-6-4-5-10-21-16;/h4-6,10,15H,3,7-9,11-14H2,1-2H3,(H2,20,22,23);1H. The molecule has 2 aromatic rings. The second-order valence-corrected chi connectivity index (χ2v) is 6.74. The molecule has 1 aliphatic rings. The molecule has 1 aliphatic heterocycles. The average Bonchev–Trinajstić information content (AvgIpc) is 3.18. The predicted octanol–water partition coefficient (Wildman–Crippen LogP) is 2.33. The SMILES string of the molecule is CCCN1CCC(NC(=NC)NCCc2noc(-c3ccccn3)n2)CC1.I. The summed E-state index contributed by atoms with van der Waals surface area (Å²) < 4.78 is 5.28. The second kappa shape index (κ2) is 11.9. The molecule has 9 heteroatoms. The summed E-state index contributed by atoms with van der Waals surface area (Å²) in [6, 6.07) is 6.09. The molecule has 0 amide bonds. The smallest absolute Gasteiger partial charge is 0.276 e. The maximum absolute atomic E-state index is 5.28. The average molecular weight is 499 g/mol. The van der Waals surface area contributed by atoms with Crippen LogP contribution in [0.15, 0.2) is 33.9 Å². The van der Waals surface area contributed by atoms with Gasteiger partial charge in [-0.2, -0.15) is 4.98 Å². The maximum atomic E-state index is 5.28. The number of aromatic nitrogens is 3. The molecule has 2 aromatic heterocycles. The summed E-state index contributed by atoms with van der Waals surface area (Å²) in [6.07, 6.45) is 5.90. The number of nitrogens with zero attached hydrogens (tertiary/aromatic N) is 5. The van der Waals surface area contributed by atoms with E-state index in [1.807, 2.05) is 18.2 Å². The fraction of sp³-hybridized carbons (Fsp3) is 0.579. The minimum atomic E-state index is 0. The zero-order valence-corrected chi connectivity index (χ0v) is 18.9. The van der Waals surface area contributed by atoms with Gasteiger partial charge in [0.1, 0.15) is 5.69 Å². The van der Waals surface area contributed by atoms with Gasteiger partial charge in [-0.1, -0.05) is 18.1 Å². The van der Waals surface area contributed by atoms with Crippen molar-refractivity contribution in [2.24, 2.45) is 4.99 Å². The highest BCUT2D eigenvalue weighted by atomic mass is 127. The van der Waals surface area contributed by atoms with Gasteiger partial charge in [-0.15, -0.1) is 24.0 Å².